The van der Waals surface area contributed by atoms with Crippen LogP contribution in [0.4, 0.5) is 0 Å². The molecule has 0 saturated carbocycles. The van der Waals surface area contributed by atoms with Gasteiger partial charge < -0.3 is 19.5 Å². The van der Waals surface area contributed by atoms with Crippen molar-refractivity contribution >= 4 is 30.3 Å². The van der Waals surface area contributed by atoms with Crippen molar-refractivity contribution in [2.75, 3.05) is 13.7 Å². The number of fused-ring (bicyclic) bond motifs is 4. The largest absolute Gasteiger partial charge is 0.507 e. The Hall–Kier alpha value is -3.85. The number of phenolic OH excluding ortho intramolecular Hbond substituents is 1. The summed E-state index contributed by atoms with van der Waals surface area (Å²) in [5.74, 6) is -1.22. The van der Waals surface area contributed by atoms with E-state index in [9.17, 15) is 19.7 Å². The molecule has 0 radical (unpaired) electrons. The van der Waals surface area contributed by atoms with Crippen molar-refractivity contribution < 1.29 is 29.1 Å². The molecule has 2 heterocycles. The fraction of sp³-hybridized carbons (Fsp3) is 0.303. The molecule has 3 aliphatic rings. The minimum atomic E-state index is -1.06. The van der Waals surface area contributed by atoms with Crippen LogP contribution in [-0.4, -0.2) is 53.6 Å². The first-order valence-corrected chi connectivity index (χ1v) is 14.1. The quantitative estimate of drug-likeness (QED) is 0.306. The highest BCUT2D eigenvalue weighted by Gasteiger charge is 2.53. The number of ether oxygens (including phenoxy) is 1. The van der Waals surface area contributed by atoms with Gasteiger partial charge in [0.15, 0.2) is 11.6 Å². The zero-order chi connectivity index (χ0) is 28.5. The number of para-hydroxylation sites is 1. The molecule has 2 aromatic carbocycles. The third-order valence-electron chi connectivity index (χ3n) is 8.62. The maximum absolute atomic E-state index is 13.8. The fourth-order valence-corrected chi connectivity index (χ4v) is 6.89. The number of carbonyl (C=O) groups is 2. The summed E-state index contributed by atoms with van der Waals surface area (Å²) in [5.41, 5.74) is 5.27. The molecule has 3 aromatic rings. The lowest BCUT2D eigenvalue weighted by Gasteiger charge is -2.47. The zero-order valence-corrected chi connectivity index (χ0v) is 22.9. The first-order valence-electron chi connectivity index (χ1n) is 14.1. The predicted molar refractivity (Wildman–Crippen MR) is 156 cm³/mol. The highest BCUT2D eigenvalue weighted by atomic mass is 16.5. The smallest absolute Gasteiger partial charge is 0.455 e. The van der Waals surface area contributed by atoms with E-state index in [-0.39, 0.29) is 29.6 Å². The van der Waals surface area contributed by atoms with Crippen molar-refractivity contribution in [2.24, 2.45) is 17.8 Å². The number of ketones is 2. The maximum atomic E-state index is 13.8. The summed E-state index contributed by atoms with van der Waals surface area (Å²) in [6, 6.07) is 19.9. The highest BCUT2D eigenvalue weighted by Crippen LogP contribution is 2.51. The Labute approximate surface area is 239 Å². The molecule has 41 heavy (non-hydrogen) atoms. The molecule has 0 unspecified atom stereocenters. The number of phenols is 1. The molecule has 2 N–H and O–H groups in total. The SMILES string of the molecule is COCC1=C2[C@@H](CC/C(=C/c3ccccc3O)c3ccccn3)OB(O)C[C@@H]2[C@@H]2C(=O)c3ccccc3C(=O)[C@@H]2C1. The maximum Gasteiger partial charge on any atom is 0.455 e. The summed E-state index contributed by atoms with van der Waals surface area (Å²) < 4.78 is 11.7. The van der Waals surface area contributed by atoms with Crippen molar-refractivity contribution in [3.8, 4) is 5.75 Å². The van der Waals surface area contributed by atoms with Gasteiger partial charge >= 0.3 is 7.12 Å². The van der Waals surface area contributed by atoms with E-state index in [4.69, 9.17) is 9.39 Å². The minimum absolute atomic E-state index is 0.0153. The second-order valence-electron chi connectivity index (χ2n) is 11.0. The third-order valence-corrected chi connectivity index (χ3v) is 8.62. The van der Waals surface area contributed by atoms with Gasteiger partial charge in [-0.05, 0) is 72.5 Å². The van der Waals surface area contributed by atoms with Crippen LogP contribution in [0.2, 0.25) is 6.32 Å². The van der Waals surface area contributed by atoms with E-state index in [1.807, 2.05) is 36.4 Å². The number of hydrogen-bond donors (Lipinski definition) is 2. The van der Waals surface area contributed by atoms with E-state index >= 15 is 0 Å². The molecular weight excluding hydrogens is 517 g/mol. The number of nitrogens with zero attached hydrogens (tertiary/aromatic N) is 1. The predicted octanol–water partition coefficient (Wildman–Crippen LogP) is 5.26. The van der Waals surface area contributed by atoms with Crippen LogP contribution in [0.15, 0.2) is 84.1 Å². The summed E-state index contributed by atoms with van der Waals surface area (Å²) in [7, 11) is 0.566. The van der Waals surface area contributed by atoms with Gasteiger partial charge in [0.25, 0.3) is 0 Å². The van der Waals surface area contributed by atoms with Crippen LogP contribution in [0.5, 0.6) is 5.75 Å². The van der Waals surface area contributed by atoms with Crippen molar-refractivity contribution in [1.29, 1.82) is 0 Å². The third kappa shape index (κ3) is 5.19. The van der Waals surface area contributed by atoms with E-state index in [0.29, 0.717) is 42.6 Å². The Morgan fingerprint density at radius 1 is 1.02 bits per heavy atom. The molecule has 4 atom stereocenters. The number of hydrogen-bond acceptors (Lipinski definition) is 7. The van der Waals surface area contributed by atoms with Gasteiger partial charge in [-0.25, -0.2) is 0 Å². The Bertz CT molecular complexity index is 1530. The van der Waals surface area contributed by atoms with Crippen molar-refractivity contribution in [2.45, 2.75) is 31.7 Å². The fourth-order valence-electron chi connectivity index (χ4n) is 6.89. The standard InChI is InChI=1S/C33H32BNO6/c1-40-19-22-17-25-31(33(38)24-10-4-3-9-23(24)32(25)37)26-18-34(39)41-29(30(22)26)14-13-20(27-11-6-7-15-35-27)16-21-8-2-5-12-28(21)36/h2-12,15-16,25-26,29,31,36,39H,13-14,17-19H2,1H3/b20-16-/t25-,26+,29-,31-/m1/s1. The Kier molecular flexibility index (Phi) is 7.71. The molecule has 1 fully saturated rings. The second-order valence-corrected chi connectivity index (χ2v) is 11.0. The topological polar surface area (TPSA) is 106 Å². The lowest BCUT2D eigenvalue weighted by atomic mass is 9.54. The van der Waals surface area contributed by atoms with Gasteiger partial charge in [0, 0.05) is 41.8 Å². The molecule has 8 heteroatoms. The van der Waals surface area contributed by atoms with Gasteiger partial charge in [0.05, 0.1) is 18.4 Å². The number of pyridine rings is 1. The number of carbonyl (C=O) groups excluding carboxylic acids is 2. The Morgan fingerprint density at radius 2 is 1.76 bits per heavy atom. The van der Waals surface area contributed by atoms with Crippen LogP contribution >= 0.6 is 0 Å². The highest BCUT2D eigenvalue weighted by molar-refractivity contribution is 6.43. The van der Waals surface area contributed by atoms with Gasteiger partial charge in [-0.15, -0.1) is 0 Å². The normalized spacial score (nSPS) is 24.1. The average Bonchev–Trinajstić information content (AvgIpc) is 2.99. The Morgan fingerprint density at radius 3 is 2.49 bits per heavy atom. The van der Waals surface area contributed by atoms with Crippen molar-refractivity contribution in [1.82, 2.24) is 4.98 Å². The number of methoxy groups -OCH3 is 1. The summed E-state index contributed by atoms with van der Waals surface area (Å²) in [5, 5.41) is 21.3. The van der Waals surface area contributed by atoms with Crippen LogP contribution in [0.25, 0.3) is 11.6 Å². The summed E-state index contributed by atoms with van der Waals surface area (Å²) in [6.45, 7) is 0.328. The monoisotopic (exact) mass is 549 g/mol. The zero-order valence-electron chi connectivity index (χ0n) is 22.9. The number of allylic oxidation sites excluding steroid dienone is 1. The van der Waals surface area contributed by atoms with Gasteiger partial charge in [-0.3, -0.25) is 14.6 Å². The first-order chi connectivity index (χ1) is 20.0. The molecule has 1 aromatic heterocycles. The van der Waals surface area contributed by atoms with Gasteiger partial charge in [0.1, 0.15) is 5.75 Å². The van der Waals surface area contributed by atoms with Crippen molar-refractivity contribution in [3.63, 3.8) is 0 Å². The van der Waals surface area contributed by atoms with E-state index < -0.39 is 25.1 Å². The molecule has 6 rings (SSSR count). The Balaban J connectivity index is 1.36. The van der Waals surface area contributed by atoms with Crippen LogP contribution in [0.3, 0.4) is 0 Å². The van der Waals surface area contributed by atoms with Gasteiger partial charge in [0.2, 0.25) is 0 Å². The van der Waals surface area contributed by atoms with Crippen LogP contribution in [0, 0.1) is 17.8 Å². The van der Waals surface area contributed by atoms with Gasteiger partial charge in [-0.1, -0.05) is 48.5 Å². The second kappa shape index (κ2) is 11.6. The molecule has 0 amide bonds. The van der Waals surface area contributed by atoms with E-state index in [1.165, 1.54) is 0 Å². The summed E-state index contributed by atoms with van der Waals surface area (Å²) in [6.07, 6.45) is 4.93. The van der Waals surface area contributed by atoms with Crippen molar-refractivity contribution in [3.05, 3.63) is 106 Å². The number of Topliss-reactive ketones (excluding diaryl/α,β-unsaturated/α-hetero) is 2. The number of aromatic hydroxyl groups is 1. The molecule has 7 nitrogen and oxygen atoms in total. The number of rotatable bonds is 7. The molecular formula is C33H32BNO6. The van der Waals surface area contributed by atoms with E-state index in [1.54, 1.807) is 49.7 Å². The lowest BCUT2D eigenvalue weighted by molar-refractivity contribution is 0.0585. The molecule has 2 aliphatic carbocycles. The molecule has 1 aliphatic heterocycles. The van der Waals surface area contributed by atoms with Crippen LogP contribution in [0.1, 0.15) is 51.2 Å². The average molecular weight is 549 g/mol. The van der Waals surface area contributed by atoms with Crippen LogP contribution < -0.4 is 0 Å². The number of benzene rings is 2. The number of aromatic nitrogens is 1. The van der Waals surface area contributed by atoms with Crippen LogP contribution in [-0.2, 0) is 9.39 Å². The van der Waals surface area contributed by atoms with E-state index in [0.717, 1.165) is 22.4 Å². The molecule has 0 spiro atoms. The molecule has 1 saturated heterocycles. The molecule has 0 bridgehead atoms. The first kappa shape index (κ1) is 27.3. The summed E-state index contributed by atoms with van der Waals surface area (Å²) in [4.78, 5) is 32.0. The molecule has 208 valence electrons. The minimum Gasteiger partial charge on any atom is -0.507 e. The van der Waals surface area contributed by atoms with E-state index in [2.05, 4.69) is 4.98 Å². The van der Waals surface area contributed by atoms with Gasteiger partial charge in [-0.2, -0.15) is 0 Å². The summed E-state index contributed by atoms with van der Waals surface area (Å²) >= 11 is 0. The lowest BCUT2D eigenvalue weighted by Crippen LogP contribution is -2.51.